The van der Waals surface area contributed by atoms with E-state index in [2.05, 4.69) is 5.16 Å². The molecule has 0 heterocycles. The summed E-state index contributed by atoms with van der Waals surface area (Å²) in [7, 11) is 0. The Morgan fingerprint density at radius 1 is 1.55 bits per heavy atom. The van der Waals surface area contributed by atoms with E-state index < -0.39 is 5.97 Å². The van der Waals surface area contributed by atoms with Crippen LogP contribution in [0.4, 0.5) is 0 Å². The lowest BCUT2D eigenvalue weighted by atomic mass is 10.3. The summed E-state index contributed by atoms with van der Waals surface area (Å²) in [4.78, 5) is 15.0. The Labute approximate surface area is 65.8 Å². The number of rotatable bonds is 5. The van der Waals surface area contributed by atoms with Crippen LogP contribution < -0.4 is 0 Å². The van der Waals surface area contributed by atoms with E-state index in [9.17, 15) is 4.79 Å². The van der Waals surface area contributed by atoms with Crippen molar-refractivity contribution in [3.05, 3.63) is 0 Å². The average Bonchev–Trinajstić information content (AvgIpc) is 1.97. The molecule has 0 radical (unpaired) electrons. The van der Waals surface area contributed by atoms with Gasteiger partial charge in [0.05, 0.1) is 0 Å². The molecule has 0 saturated heterocycles. The fraction of sp³-hybridized carbons (Fsp3) is 0.714. The highest BCUT2D eigenvalue weighted by atomic mass is 16.6. The second-order valence-corrected chi connectivity index (χ2v) is 2.03. The third-order valence-electron chi connectivity index (χ3n) is 1.05. The highest BCUT2D eigenvalue weighted by molar-refractivity contribution is 6.35. The van der Waals surface area contributed by atoms with Gasteiger partial charge in [-0.3, -0.25) is 0 Å². The molecule has 0 aliphatic rings. The Morgan fingerprint density at radius 3 is 2.55 bits per heavy atom. The van der Waals surface area contributed by atoms with Gasteiger partial charge in [-0.1, -0.05) is 19.0 Å². The van der Waals surface area contributed by atoms with Gasteiger partial charge in [0.15, 0.2) is 5.71 Å². The van der Waals surface area contributed by atoms with Crippen LogP contribution in [-0.4, -0.2) is 23.4 Å². The zero-order valence-corrected chi connectivity index (χ0v) is 6.83. The minimum atomic E-state index is -1.01. The van der Waals surface area contributed by atoms with Gasteiger partial charge >= 0.3 is 5.97 Å². The van der Waals surface area contributed by atoms with Crippen LogP contribution >= 0.6 is 0 Å². The number of oxime groups is 1. The van der Waals surface area contributed by atoms with Gasteiger partial charge in [-0.15, -0.1) is 0 Å². The average molecular weight is 159 g/mol. The Balaban J connectivity index is 3.81. The zero-order chi connectivity index (χ0) is 8.69. The van der Waals surface area contributed by atoms with Crippen molar-refractivity contribution in [3.63, 3.8) is 0 Å². The Hall–Kier alpha value is -1.06. The van der Waals surface area contributed by atoms with E-state index in [1.165, 1.54) is 0 Å². The lowest BCUT2D eigenvalue weighted by Crippen LogP contribution is -2.12. The summed E-state index contributed by atoms with van der Waals surface area (Å²) in [6, 6.07) is 0. The molecule has 1 N–H and O–H groups in total. The first-order valence-corrected chi connectivity index (χ1v) is 3.64. The van der Waals surface area contributed by atoms with Gasteiger partial charge in [-0.25, -0.2) is 4.79 Å². The van der Waals surface area contributed by atoms with Crippen molar-refractivity contribution in [3.8, 4) is 0 Å². The molecule has 0 amide bonds. The van der Waals surface area contributed by atoms with Crippen LogP contribution in [0.25, 0.3) is 0 Å². The predicted molar refractivity (Wildman–Crippen MR) is 41.6 cm³/mol. The largest absolute Gasteiger partial charge is 0.477 e. The molecule has 0 atom stereocenters. The third-order valence-corrected chi connectivity index (χ3v) is 1.05. The van der Waals surface area contributed by atoms with E-state index in [0.29, 0.717) is 13.0 Å². The maximum Gasteiger partial charge on any atom is 0.353 e. The van der Waals surface area contributed by atoms with Crippen LogP contribution in [0.1, 0.15) is 26.7 Å². The SMILES string of the molecule is CCCO/N=C(/CC)C(=O)O. The summed E-state index contributed by atoms with van der Waals surface area (Å²) in [6.07, 6.45) is 1.22. The summed E-state index contributed by atoms with van der Waals surface area (Å²) in [6.45, 7) is 4.13. The lowest BCUT2D eigenvalue weighted by Gasteiger charge is -1.97. The van der Waals surface area contributed by atoms with E-state index >= 15 is 0 Å². The van der Waals surface area contributed by atoms with Crippen molar-refractivity contribution in [1.29, 1.82) is 0 Å². The van der Waals surface area contributed by atoms with Crippen molar-refractivity contribution < 1.29 is 14.7 Å². The van der Waals surface area contributed by atoms with Gasteiger partial charge in [-0.2, -0.15) is 0 Å². The summed E-state index contributed by atoms with van der Waals surface area (Å²) in [5.41, 5.74) is 0.0680. The Kier molecular flexibility index (Phi) is 5.15. The second-order valence-electron chi connectivity index (χ2n) is 2.03. The highest BCUT2D eigenvalue weighted by Crippen LogP contribution is 1.89. The highest BCUT2D eigenvalue weighted by Gasteiger charge is 2.05. The summed E-state index contributed by atoms with van der Waals surface area (Å²) in [5, 5.41) is 11.9. The molecule has 0 aromatic carbocycles. The molecular formula is C7H13NO3. The number of nitrogens with zero attached hydrogens (tertiary/aromatic N) is 1. The molecule has 0 saturated carbocycles. The molecule has 0 rings (SSSR count). The molecule has 11 heavy (non-hydrogen) atoms. The van der Waals surface area contributed by atoms with Crippen LogP contribution in [0.2, 0.25) is 0 Å². The van der Waals surface area contributed by atoms with Gasteiger partial charge in [0, 0.05) is 0 Å². The molecule has 0 spiro atoms. The van der Waals surface area contributed by atoms with Gasteiger partial charge < -0.3 is 9.94 Å². The van der Waals surface area contributed by atoms with Crippen LogP contribution in [0, 0.1) is 0 Å². The molecule has 0 bridgehead atoms. The predicted octanol–water partition coefficient (Wildman–Crippen LogP) is 1.26. The molecule has 0 fully saturated rings. The van der Waals surface area contributed by atoms with Gasteiger partial charge in [0.1, 0.15) is 6.61 Å². The summed E-state index contributed by atoms with van der Waals surface area (Å²) >= 11 is 0. The van der Waals surface area contributed by atoms with Crippen LogP contribution in [0.3, 0.4) is 0 Å². The van der Waals surface area contributed by atoms with Crippen molar-refractivity contribution in [2.24, 2.45) is 5.16 Å². The van der Waals surface area contributed by atoms with Crippen molar-refractivity contribution in [2.75, 3.05) is 6.61 Å². The van der Waals surface area contributed by atoms with E-state index in [4.69, 9.17) is 9.94 Å². The van der Waals surface area contributed by atoms with Gasteiger partial charge in [-0.05, 0) is 12.8 Å². The normalized spacial score (nSPS) is 11.3. The summed E-state index contributed by atoms with van der Waals surface area (Å²) in [5.74, 6) is -1.01. The molecule has 0 aromatic heterocycles. The van der Waals surface area contributed by atoms with Gasteiger partial charge in [0.25, 0.3) is 0 Å². The zero-order valence-electron chi connectivity index (χ0n) is 6.83. The molecular weight excluding hydrogens is 146 g/mol. The number of carboxylic acid groups (broad SMARTS) is 1. The fourth-order valence-electron chi connectivity index (χ4n) is 0.470. The van der Waals surface area contributed by atoms with Crippen molar-refractivity contribution >= 4 is 11.7 Å². The molecule has 0 aromatic rings. The van der Waals surface area contributed by atoms with E-state index in [1.807, 2.05) is 6.92 Å². The van der Waals surface area contributed by atoms with Crippen molar-refractivity contribution in [2.45, 2.75) is 26.7 Å². The van der Waals surface area contributed by atoms with Crippen LogP contribution in [-0.2, 0) is 9.63 Å². The first-order valence-electron chi connectivity index (χ1n) is 3.64. The smallest absolute Gasteiger partial charge is 0.353 e. The number of hydrogen-bond donors (Lipinski definition) is 1. The number of aliphatic carboxylic acids is 1. The monoisotopic (exact) mass is 159 g/mol. The molecule has 0 aliphatic heterocycles. The quantitative estimate of drug-likeness (QED) is 0.373. The molecule has 0 unspecified atom stereocenters. The number of carboxylic acids is 1. The van der Waals surface area contributed by atoms with Crippen LogP contribution in [0.5, 0.6) is 0 Å². The van der Waals surface area contributed by atoms with Gasteiger partial charge in [0.2, 0.25) is 0 Å². The van der Waals surface area contributed by atoms with E-state index in [-0.39, 0.29) is 5.71 Å². The van der Waals surface area contributed by atoms with E-state index in [0.717, 1.165) is 6.42 Å². The third kappa shape index (κ3) is 4.36. The minimum absolute atomic E-state index is 0.0680. The molecule has 64 valence electrons. The molecule has 4 nitrogen and oxygen atoms in total. The first kappa shape index (κ1) is 9.94. The maximum absolute atomic E-state index is 10.3. The molecule has 4 heteroatoms. The Bertz CT molecular complexity index is 154. The van der Waals surface area contributed by atoms with Crippen molar-refractivity contribution in [1.82, 2.24) is 0 Å². The second kappa shape index (κ2) is 5.70. The van der Waals surface area contributed by atoms with E-state index in [1.54, 1.807) is 6.92 Å². The minimum Gasteiger partial charge on any atom is -0.477 e. The lowest BCUT2D eigenvalue weighted by molar-refractivity contribution is -0.129. The maximum atomic E-state index is 10.3. The first-order chi connectivity index (χ1) is 5.22. The Morgan fingerprint density at radius 2 is 2.18 bits per heavy atom. The van der Waals surface area contributed by atoms with Crippen LogP contribution in [0.15, 0.2) is 5.16 Å². The molecule has 0 aliphatic carbocycles. The number of hydrogen-bond acceptors (Lipinski definition) is 3. The topological polar surface area (TPSA) is 58.9 Å². The standard InChI is InChI=1S/C7H13NO3/c1-3-5-11-8-6(4-2)7(9)10/h3-5H2,1-2H3,(H,9,10)/b8-6-. The fourth-order valence-corrected chi connectivity index (χ4v) is 0.470. The summed E-state index contributed by atoms with van der Waals surface area (Å²) < 4.78 is 0. The number of carbonyl (C=O) groups is 1.